The van der Waals surface area contributed by atoms with Crippen molar-refractivity contribution >= 4 is 37.4 Å². The minimum absolute atomic E-state index is 0.0787. The highest BCUT2D eigenvalue weighted by Crippen LogP contribution is 2.28. The molecular weight excluding hydrogens is 440 g/mol. The molecule has 136 valence electrons. The average Bonchev–Trinajstić information content (AvgIpc) is 3.02. The molecule has 0 fully saturated rings. The van der Waals surface area contributed by atoms with Crippen LogP contribution < -0.4 is 0 Å². The molecule has 0 aliphatic carbocycles. The third kappa shape index (κ3) is 4.17. The van der Waals surface area contributed by atoms with Gasteiger partial charge in [-0.1, -0.05) is 45.7 Å². The van der Waals surface area contributed by atoms with Crippen LogP contribution in [0.5, 0.6) is 0 Å². The van der Waals surface area contributed by atoms with E-state index < -0.39 is 9.84 Å². The molecule has 1 heterocycles. The normalized spacial score (nSPS) is 11.7. The second kappa shape index (κ2) is 7.92. The number of aliphatic hydroxyl groups is 1. The summed E-state index contributed by atoms with van der Waals surface area (Å²) < 4.78 is 27.1. The van der Waals surface area contributed by atoms with Crippen molar-refractivity contribution in [3.05, 3.63) is 64.2 Å². The van der Waals surface area contributed by atoms with Crippen molar-refractivity contribution in [1.29, 1.82) is 0 Å². The summed E-state index contributed by atoms with van der Waals surface area (Å²) in [7, 11) is -3.40. The Morgan fingerprint density at radius 3 is 2.50 bits per heavy atom. The van der Waals surface area contributed by atoms with Crippen LogP contribution in [-0.4, -0.2) is 35.7 Å². The summed E-state index contributed by atoms with van der Waals surface area (Å²) in [5.74, 6) is -0.0787. The molecule has 0 saturated heterocycles. The van der Waals surface area contributed by atoms with Crippen LogP contribution in [0.25, 0.3) is 16.9 Å². The topological polar surface area (TPSA) is 72.2 Å². The predicted molar refractivity (Wildman–Crippen MR) is 105 cm³/mol. The third-order valence-electron chi connectivity index (χ3n) is 3.81. The lowest BCUT2D eigenvalue weighted by Crippen LogP contribution is -2.08. The van der Waals surface area contributed by atoms with E-state index in [4.69, 9.17) is 16.7 Å². The Kier molecular flexibility index (Phi) is 5.82. The first kappa shape index (κ1) is 19.1. The quantitative estimate of drug-likeness (QED) is 0.607. The molecule has 0 saturated carbocycles. The van der Waals surface area contributed by atoms with E-state index in [1.54, 1.807) is 35.0 Å². The molecule has 1 N–H and O–H groups in total. The highest BCUT2D eigenvalue weighted by Gasteiger charge is 2.16. The molecule has 26 heavy (non-hydrogen) atoms. The first-order chi connectivity index (χ1) is 12.4. The van der Waals surface area contributed by atoms with Gasteiger partial charge in [0, 0.05) is 22.7 Å². The Bertz CT molecular complexity index is 1020. The Balaban J connectivity index is 1.98. The number of rotatable bonds is 6. The van der Waals surface area contributed by atoms with E-state index in [0.717, 1.165) is 21.4 Å². The summed E-state index contributed by atoms with van der Waals surface area (Å²) in [6.07, 6.45) is 0.218. The van der Waals surface area contributed by atoms with Crippen molar-refractivity contribution < 1.29 is 13.5 Å². The highest BCUT2D eigenvalue weighted by molar-refractivity contribution is 9.10. The fourth-order valence-electron chi connectivity index (χ4n) is 2.57. The van der Waals surface area contributed by atoms with E-state index in [2.05, 4.69) is 21.0 Å². The van der Waals surface area contributed by atoms with Gasteiger partial charge in [0.25, 0.3) is 0 Å². The van der Waals surface area contributed by atoms with E-state index in [-0.39, 0.29) is 23.7 Å². The number of benzene rings is 2. The maximum Gasteiger partial charge on any atom is 0.178 e. The van der Waals surface area contributed by atoms with Crippen LogP contribution in [0.15, 0.2) is 64.0 Å². The number of hydrogen-bond donors (Lipinski definition) is 1. The molecule has 5 nitrogen and oxygen atoms in total. The Hall–Kier alpha value is -1.67. The van der Waals surface area contributed by atoms with Crippen LogP contribution in [0.3, 0.4) is 0 Å². The number of halogens is 2. The lowest BCUT2D eigenvalue weighted by atomic mass is 10.1. The highest BCUT2D eigenvalue weighted by atomic mass is 79.9. The van der Waals surface area contributed by atoms with Gasteiger partial charge < -0.3 is 5.11 Å². The molecule has 0 spiro atoms. The average molecular weight is 456 g/mol. The van der Waals surface area contributed by atoms with E-state index >= 15 is 0 Å². The summed E-state index contributed by atoms with van der Waals surface area (Å²) in [6, 6.07) is 16.0. The van der Waals surface area contributed by atoms with Gasteiger partial charge in [0.05, 0.1) is 22.0 Å². The number of aliphatic hydroxyl groups excluding tert-OH is 1. The Morgan fingerprint density at radius 1 is 1.12 bits per heavy atom. The lowest BCUT2D eigenvalue weighted by Gasteiger charge is -2.09. The van der Waals surface area contributed by atoms with Crippen LogP contribution >= 0.6 is 27.5 Å². The smallest absolute Gasteiger partial charge is 0.178 e. The monoisotopic (exact) mass is 454 g/mol. The zero-order valence-electron chi connectivity index (χ0n) is 13.6. The van der Waals surface area contributed by atoms with Crippen LogP contribution in [-0.2, 0) is 9.84 Å². The molecule has 3 rings (SSSR count). The third-order valence-corrected chi connectivity index (χ3v) is 6.31. The fourth-order valence-corrected chi connectivity index (χ4v) is 4.43. The largest absolute Gasteiger partial charge is 0.396 e. The second-order valence-electron chi connectivity index (χ2n) is 5.66. The van der Waals surface area contributed by atoms with Gasteiger partial charge in [-0.05, 0) is 36.8 Å². The van der Waals surface area contributed by atoms with Crippen molar-refractivity contribution in [2.45, 2.75) is 11.3 Å². The molecule has 3 aromatic rings. The minimum Gasteiger partial charge on any atom is -0.396 e. The molecule has 0 amide bonds. The summed E-state index contributed by atoms with van der Waals surface area (Å²) in [5.41, 5.74) is 2.39. The number of sulfone groups is 1. The van der Waals surface area contributed by atoms with Gasteiger partial charge in [-0.2, -0.15) is 5.10 Å². The van der Waals surface area contributed by atoms with Crippen LogP contribution in [0.2, 0.25) is 5.15 Å². The maximum absolute atomic E-state index is 12.2. The summed E-state index contributed by atoms with van der Waals surface area (Å²) >= 11 is 9.54. The molecular formula is C18H16BrClN2O3S. The molecule has 0 unspecified atom stereocenters. The molecule has 0 radical (unpaired) electrons. The zero-order chi connectivity index (χ0) is 18.7. The summed E-state index contributed by atoms with van der Waals surface area (Å²) in [5, 5.41) is 13.5. The molecule has 0 aliphatic rings. The maximum atomic E-state index is 12.2. The lowest BCUT2D eigenvalue weighted by molar-refractivity contribution is 0.295. The van der Waals surface area contributed by atoms with Gasteiger partial charge >= 0.3 is 0 Å². The van der Waals surface area contributed by atoms with Gasteiger partial charge in [-0.15, -0.1) is 0 Å². The molecule has 1 aromatic heterocycles. The van der Waals surface area contributed by atoms with Crippen LogP contribution in [0.1, 0.15) is 6.42 Å². The van der Waals surface area contributed by atoms with Gasteiger partial charge in [0.15, 0.2) is 15.0 Å². The molecule has 0 atom stereocenters. The van der Waals surface area contributed by atoms with E-state index in [9.17, 15) is 8.42 Å². The van der Waals surface area contributed by atoms with Gasteiger partial charge in [-0.25, -0.2) is 13.1 Å². The number of hydrogen-bond acceptors (Lipinski definition) is 4. The zero-order valence-corrected chi connectivity index (χ0v) is 16.8. The van der Waals surface area contributed by atoms with Crippen LogP contribution in [0.4, 0.5) is 0 Å². The molecule has 2 aromatic carbocycles. The fraction of sp³-hybridized carbons (Fsp3) is 0.167. The molecule has 0 bridgehead atoms. The van der Waals surface area contributed by atoms with Crippen molar-refractivity contribution in [2.24, 2.45) is 0 Å². The van der Waals surface area contributed by atoms with Crippen LogP contribution in [0, 0.1) is 0 Å². The first-order valence-electron chi connectivity index (χ1n) is 7.86. The molecule has 8 heteroatoms. The van der Waals surface area contributed by atoms with E-state index in [1.165, 1.54) is 0 Å². The summed E-state index contributed by atoms with van der Waals surface area (Å²) in [4.78, 5) is 0.231. The van der Waals surface area contributed by atoms with Crippen molar-refractivity contribution in [3.63, 3.8) is 0 Å². The van der Waals surface area contributed by atoms with Gasteiger partial charge in [0.2, 0.25) is 0 Å². The second-order valence-corrected chi connectivity index (χ2v) is 9.08. The van der Waals surface area contributed by atoms with Gasteiger partial charge in [-0.3, -0.25) is 0 Å². The Labute approximate surface area is 165 Å². The van der Waals surface area contributed by atoms with E-state index in [1.807, 2.05) is 24.3 Å². The number of nitrogens with zero attached hydrogens (tertiary/aromatic N) is 2. The van der Waals surface area contributed by atoms with Crippen molar-refractivity contribution in [2.75, 3.05) is 12.4 Å². The molecule has 0 aliphatic heterocycles. The SMILES string of the molecule is O=S(=O)(CCCO)c1ccc(-c2cc(Cl)nn2-c2cccc(Br)c2)cc1. The van der Waals surface area contributed by atoms with Crippen molar-refractivity contribution in [1.82, 2.24) is 9.78 Å². The minimum atomic E-state index is -3.40. The number of aromatic nitrogens is 2. The standard InChI is InChI=1S/C18H16BrClN2O3S/c19-14-3-1-4-15(11-14)22-17(12-18(20)21-22)13-5-7-16(8-6-13)26(24,25)10-2-9-23/h1,3-8,11-12,23H,2,9-10H2. The first-order valence-corrected chi connectivity index (χ1v) is 10.7. The predicted octanol–water partition coefficient (Wildman–Crippen LogP) is 4.11. The Morgan fingerprint density at radius 2 is 1.85 bits per heavy atom. The summed E-state index contributed by atoms with van der Waals surface area (Å²) in [6.45, 7) is -0.151. The van der Waals surface area contributed by atoms with E-state index in [0.29, 0.717) is 5.15 Å². The van der Waals surface area contributed by atoms with Crippen molar-refractivity contribution in [3.8, 4) is 16.9 Å². The van der Waals surface area contributed by atoms with Gasteiger partial charge in [0.1, 0.15) is 0 Å².